The highest BCUT2D eigenvalue weighted by molar-refractivity contribution is 5.85. The Morgan fingerprint density at radius 2 is 1.60 bits per heavy atom. The van der Waals surface area contributed by atoms with E-state index >= 15 is 0 Å². The topological polar surface area (TPSA) is 41.4 Å². The lowest BCUT2D eigenvalue weighted by Gasteiger charge is -2.35. The van der Waals surface area contributed by atoms with Crippen LogP contribution in [0.25, 0.3) is 10.9 Å². The fourth-order valence-electron chi connectivity index (χ4n) is 5.08. The summed E-state index contributed by atoms with van der Waals surface area (Å²) in [5, 5.41) is 0.709. The maximum Gasteiger partial charge on any atom is 0.261 e. The number of fused-ring (bicyclic) bond motifs is 1. The second-order valence-corrected chi connectivity index (χ2v) is 9.02. The predicted molar refractivity (Wildman–Crippen MR) is 147 cm³/mol. The Balaban J connectivity index is 0.00000289. The highest BCUT2D eigenvalue weighted by Gasteiger charge is 2.23. The van der Waals surface area contributed by atoms with Crippen molar-refractivity contribution < 1.29 is 0 Å². The molecule has 5 rings (SSSR count). The zero-order valence-corrected chi connectivity index (χ0v) is 21.0. The van der Waals surface area contributed by atoms with Crippen LogP contribution in [0.2, 0.25) is 0 Å². The molecule has 0 atom stereocenters. The standard InChI is InChI=1S/C29H32N4O.ClH/c1-2-23-10-6-9-15-28(23)32(24-11-4-3-5-12-24)21-20-31-18-16-25(17-19-31)33-22-30-27-14-8-7-13-26(27)29(33)34;/h3-15,22,25H,2,16-21H2,1H3;1H. The molecule has 0 N–H and O–H groups in total. The van der Waals surface area contributed by atoms with Crippen LogP contribution in [0.15, 0.2) is 90.0 Å². The molecule has 0 aliphatic carbocycles. The summed E-state index contributed by atoms with van der Waals surface area (Å²) in [4.78, 5) is 22.5. The molecule has 1 aliphatic heterocycles. The van der Waals surface area contributed by atoms with Crippen LogP contribution >= 0.6 is 12.4 Å². The number of halogens is 1. The van der Waals surface area contributed by atoms with Crippen LogP contribution < -0.4 is 10.5 Å². The van der Waals surface area contributed by atoms with Gasteiger partial charge < -0.3 is 9.80 Å². The van der Waals surface area contributed by atoms with Crippen molar-refractivity contribution in [3.05, 3.63) is 101 Å². The number of aryl methyl sites for hydroxylation is 1. The lowest BCUT2D eigenvalue weighted by atomic mass is 10.0. The van der Waals surface area contributed by atoms with Crippen molar-refractivity contribution in [3.8, 4) is 0 Å². The van der Waals surface area contributed by atoms with Crippen LogP contribution in [0, 0.1) is 0 Å². The number of hydrogen-bond donors (Lipinski definition) is 0. The van der Waals surface area contributed by atoms with Gasteiger partial charge in [-0.15, -0.1) is 12.4 Å². The lowest BCUT2D eigenvalue weighted by Crippen LogP contribution is -2.41. The first-order valence-corrected chi connectivity index (χ1v) is 12.3. The molecule has 0 bridgehead atoms. The SMILES string of the molecule is CCc1ccccc1N(CCN1CCC(n2cnc3ccccc3c2=O)CC1)c1ccccc1.Cl. The van der Waals surface area contributed by atoms with Gasteiger partial charge in [-0.3, -0.25) is 9.36 Å². The molecule has 4 aromatic rings. The quantitative estimate of drug-likeness (QED) is 0.327. The first-order chi connectivity index (χ1) is 16.7. The predicted octanol–water partition coefficient (Wildman–Crippen LogP) is 5.86. The van der Waals surface area contributed by atoms with Crippen molar-refractivity contribution in [3.63, 3.8) is 0 Å². The van der Waals surface area contributed by atoms with Gasteiger partial charge in [-0.1, -0.05) is 55.5 Å². The molecule has 6 heteroatoms. The van der Waals surface area contributed by atoms with E-state index < -0.39 is 0 Å². The monoisotopic (exact) mass is 488 g/mol. The number of anilines is 2. The first-order valence-electron chi connectivity index (χ1n) is 12.3. The Morgan fingerprint density at radius 3 is 2.37 bits per heavy atom. The average molecular weight is 489 g/mol. The van der Waals surface area contributed by atoms with E-state index in [1.807, 2.05) is 28.8 Å². The van der Waals surface area contributed by atoms with Gasteiger partial charge in [0.2, 0.25) is 0 Å². The molecule has 182 valence electrons. The van der Waals surface area contributed by atoms with Gasteiger partial charge in [-0.25, -0.2) is 4.98 Å². The number of rotatable bonds is 7. The fraction of sp³-hybridized carbons (Fsp3) is 0.310. The summed E-state index contributed by atoms with van der Waals surface area (Å²) in [5.74, 6) is 0. The third kappa shape index (κ3) is 5.42. The van der Waals surface area contributed by atoms with Crippen molar-refractivity contribution in [1.29, 1.82) is 0 Å². The first kappa shape index (κ1) is 25.0. The minimum absolute atomic E-state index is 0. The Morgan fingerprint density at radius 1 is 0.914 bits per heavy atom. The van der Waals surface area contributed by atoms with Crippen LogP contribution in [-0.4, -0.2) is 40.6 Å². The molecule has 1 saturated heterocycles. The van der Waals surface area contributed by atoms with Gasteiger partial charge in [0.1, 0.15) is 0 Å². The highest BCUT2D eigenvalue weighted by atomic mass is 35.5. The number of nitrogens with zero attached hydrogens (tertiary/aromatic N) is 4. The molecule has 1 aromatic heterocycles. The summed E-state index contributed by atoms with van der Waals surface area (Å²) >= 11 is 0. The molecule has 35 heavy (non-hydrogen) atoms. The fourth-order valence-corrected chi connectivity index (χ4v) is 5.08. The van der Waals surface area contributed by atoms with Gasteiger partial charge in [-0.05, 0) is 55.2 Å². The number of aromatic nitrogens is 2. The van der Waals surface area contributed by atoms with Gasteiger partial charge in [0, 0.05) is 43.6 Å². The van der Waals surface area contributed by atoms with E-state index in [4.69, 9.17) is 0 Å². The molecular weight excluding hydrogens is 456 g/mol. The van der Waals surface area contributed by atoms with E-state index in [2.05, 4.69) is 76.3 Å². The molecule has 5 nitrogen and oxygen atoms in total. The summed E-state index contributed by atoms with van der Waals surface area (Å²) in [6.45, 7) is 6.12. The van der Waals surface area contributed by atoms with Crippen LogP contribution in [0.5, 0.6) is 0 Å². The minimum Gasteiger partial charge on any atom is -0.340 e. The molecule has 2 heterocycles. The average Bonchev–Trinajstić information content (AvgIpc) is 2.90. The third-order valence-corrected chi connectivity index (χ3v) is 7.01. The van der Waals surface area contributed by atoms with Crippen LogP contribution in [0.1, 0.15) is 31.4 Å². The summed E-state index contributed by atoms with van der Waals surface area (Å²) < 4.78 is 1.85. The Kier molecular flexibility index (Phi) is 8.21. The molecule has 1 fully saturated rings. The minimum atomic E-state index is 0. The maximum atomic E-state index is 13.0. The number of likely N-dealkylation sites (tertiary alicyclic amines) is 1. The van der Waals surface area contributed by atoms with Crippen molar-refractivity contribution in [2.24, 2.45) is 0 Å². The second kappa shape index (κ2) is 11.5. The molecule has 1 aliphatic rings. The van der Waals surface area contributed by atoms with E-state index in [0.29, 0.717) is 5.39 Å². The van der Waals surface area contributed by atoms with E-state index in [-0.39, 0.29) is 24.0 Å². The molecule has 0 radical (unpaired) electrons. The molecule has 0 spiro atoms. The van der Waals surface area contributed by atoms with E-state index in [1.54, 1.807) is 6.33 Å². The Labute approximate surface area is 213 Å². The van der Waals surface area contributed by atoms with Gasteiger partial charge in [0.25, 0.3) is 5.56 Å². The maximum absolute atomic E-state index is 13.0. The van der Waals surface area contributed by atoms with Crippen molar-refractivity contribution >= 4 is 34.7 Å². The van der Waals surface area contributed by atoms with Crippen LogP contribution in [0.3, 0.4) is 0 Å². The van der Waals surface area contributed by atoms with E-state index in [9.17, 15) is 4.79 Å². The molecule has 0 saturated carbocycles. The van der Waals surface area contributed by atoms with Gasteiger partial charge in [0.15, 0.2) is 0 Å². The summed E-state index contributed by atoms with van der Waals surface area (Å²) in [6, 6.07) is 27.2. The zero-order valence-electron chi connectivity index (χ0n) is 20.2. The zero-order chi connectivity index (χ0) is 23.3. The van der Waals surface area contributed by atoms with Crippen LogP contribution in [-0.2, 0) is 6.42 Å². The summed E-state index contributed by atoms with van der Waals surface area (Å²) in [6.07, 6.45) is 4.69. The van der Waals surface area contributed by atoms with E-state index in [0.717, 1.165) is 51.0 Å². The highest BCUT2D eigenvalue weighted by Crippen LogP contribution is 2.29. The summed E-state index contributed by atoms with van der Waals surface area (Å²) in [5.41, 5.74) is 4.74. The molecule has 3 aromatic carbocycles. The Hall–Kier alpha value is -3.15. The van der Waals surface area contributed by atoms with Crippen molar-refractivity contribution in [1.82, 2.24) is 14.5 Å². The largest absolute Gasteiger partial charge is 0.340 e. The number of benzene rings is 3. The van der Waals surface area contributed by atoms with Gasteiger partial charge in [-0.2, -0.15) is 0 Å². The Bertz CT molecular complexity index is 1300. The van der Waals surface area contributed by atoms with E-state index in [1.165, 1.54) is 16.9 Å². The number of piperidine rings is 1. The van der Waals surface area contributed by atoms with Gasteiger partial charge in [0.05, 0.1) is 17.2 Å². The normalized spacial score (nSPS) is 14.5. The van der Waals surface area contributed by atoms with Crippen LogP contribution in [0.4, 0.5) is 11.4 Å². The second-order valence-electron chi connectivity index (χ2n) is 9.02. The lowest BCUT2D eigenvalue weighted by molar-refractivity contribution is 0.188. The summed E-state index contributed by atoms with van der Waals surface area (Å²) in [7, 11) is 0. The van der Waals surface area contributed by atoms with Crippen molar-refractivity contribution in [2.75, 3.05) is 31.1 Å². The van der Waals surface area contributed by atoms with Gasteiger partial charge >= 0.3 is 0 Å². The van der Waals surface area contributed by atoms with Crippen molar-refractivity contribution in [2.45, 2.75) is 32.2 Å². The third-order valence-electron chi connectivity index (χ3n) is 7.01. The number of hydrogen-bond acceptors (Lipinski definition) is 4. The number of para-hydroxylation sites is 3. The molecule has 0 amide bonds. The smallest absolute Gasteiger partial charge is 0.261 e. The molecule has 0 unspecified atom stereocenters. The molecular formula is C29H33ClN4O.